The maximum Gasteiger partial charge on any atom is 0.404 e. The van der Waals surface area contributed by atoms with E-state index in [4.69, 9.17) is 0 Å². The van der Waals surface area contributed by atoms with Gasteiger partial charge < -0.3 is 36.6 Å². The fraction of sp³-hybridized carbons (Fsp3) is 0.471. The second-order valence-electron chi connectivity index (χ2n) is 12.1. The molecule has 0 spiro atoms. The molecule has 0 bridgehead atoms. The fourth-order valence-corrected chi connectivity index (χ4v) is 4.85. The molecular weight excluding hydrogens is 576 g/mol. The molecule has 11 heteroatoms. The maximum atomic E-state index is 13.0. The van der Waals surface area contributed by atoms with Crippen molar-refractivity contribution in [1.82, 2.24) is 21.3 Å². The lowest BCUT2D eigenvalue weighted by molar-refractivity contribution is -0.131. The lowest BCUT2D eigenvalue weighted by Gasteiger charge is -2.26. The van der Waals surface area contributed by atoms with Gasteiger partial charge in [0.15, 0.2) is 0 Å². The van der Waals surface area contributed by atoms with Crippen LogP contribution in [-0.4, -0.2) is 69.5 Å². The van der Waals surface area contributed by atoms with Crippen molar-refractivity contribution in [2.24, 2.45) is 11.8 Å². The molecule has 2 aromatic rings. The first-order chi connectivity index (χ1) is 21.3. The van der Waals surface area contributed by atoms with E-state index in [0.717, 1.165) is 17.2 Å². The van der Waals surface area contributed by atoms with Gasteiger partial charge in [-0.1, -0.05) is 88.4 Å². The van der Waals surface area contributed by atoms with Crippen LogP contribution in [0.2, 0.25) is 0 Å². The molecule has 0 saturated carbocycles. The SMILES string of the molecule is CC(C)CC(NC(=O)CC(O)C(CC(C)C)NC(=O)C=CC(O)C(Cc1ccccc1)NC(=O)O)C(=O)NCc1ccccc1. The minimum Gasteiger partial charge on any atom is -0.465 e. The molecule has 5 unspecified atom stereocenters. The first kappa shape index (κ1) is 37.0. The molecule has 0 aliphatic carbocycles. The van der Waals surface area contributed by atoms with E-state index in [0.29, 0.717) is 19.4 Å². The van der Waals surface area contributed by atoms with Crippen LogP contribution in [0.1, 0.15) is 58.1 Å². The van der Waals surface area contributed by atoms with E-state index >= 15 is 0 Å². The Hall–Kier alpha value is -4.22. The largest absolute Gasteiger partial charge is 0.465 e. The molecule has 2 rings (SSSR count). The summed E-state index contributed by atoms with van der Waals surface area (Å²) in [5.74, 6) is -1.29. The predicted octanol–water partition coefficient (Wildman–Crippen LogP) is 2.91. The van der Waals surface area contributed by atoms with Crippen LogP contribution >= 0.6 is 0 Å². The van der Waals surface area contributed by atoms with Gasteiger partial charge in [0.1, 0.15) is 6.04 Å². The van der Waals surface area contributed by atoms with Gasteiger partial charge in [0.2, 0.25) is 17.7 Å². The fourth-order valence-electron chi connectivity index (χ4n) is 4.85. The Morgan fingerprint density at radius 3 is 1.89 bits per heavy atom. The van der Waals surface area contributed by atoms with Crippen molar-refractivity contribution in [1.29, 1.82) is 0 Å². The van der Waals surface area contributed by atoms with E-state index < -0.39 is 48.2 Å². The van der Waals surface area contributed by atoms with E-state index in [-0.39, 0.29) is 30.6 Å². The quantitative estimate of drug-likeness (QED) is 0.125. The molecule has 2 aromatic carbocycles. The van der Waals surface area contributed by atoms with Crippen LogP contribution in [0.4, 0.5) is 4.79 Å². The van der Waals surface area contributed by atoms with Gasteiger partial charge in [0.25, 0.3) is 0 Å². The number of benzene rings is 2. The Morgan fingerprint density at radius 2 is 1.33 bits per heavy atom. The highest BCUT2D eigenvalue weighted by Gasteiger charge is 2.28. The third kappa shape index (κ3) is 14.9. The van der Waals surface area contributed by atoms with Gasteiger partial charge in [0, 0.05) is 12.6 Å². The second-order valence-corrected chi connectivity index (χ2v) is 12.1. The Kier molecular flexibility index (Phi) is 15.8. The van der Waals surface area contributed by atoms with Gasteiger partial charge in [-0.25, -0.2) is 4.79 Å². The molecule has 246 valence electrons. The van der Waals surface area contributed by atoms with Gasteiger partial charge in [-0.2, -0.15) is 0 Å². The molecule has 0 aromatic heterocycles. The number of amides is 4. The number of hydrogen-bond acceptors (Lipinski definition) is 6. The van der Waals surface area contributed by atoms with Gasteiger partial charge in [0.05, 0.1) is 30.7 Å². The normalized spacial score (nSPS) is 14.8. The summed E-state index contributed by atoms with van der Waals surface area (Å²) in [5, 5.41) is 41.4. The van der Waals surface area contributed by atoms with Gasteiger partial charge in [-0.05, 0) is 48.3 Å². The van der Waals surface area contributed by atoms with E-state index in [9.17, 15) is 34.5 Å². The first-order valence-electron chi connectivity index (χ1n) is 15.3. The molecule has 0 radical (unpaired) electrons. The summed E-state index contributed by atoms with van der Waals surface area (Å²) in [6, 6.07) is 16.0. The van der Waals surface area contributed by atoms with E-state index in [1.807, 2.05) is 64.1 Å². The van der Waals surface area contributed by atoms with Crippen molar-refractivity contribution >= 4 is 23.8 Å². The number of carbonyl (C=O) groups excluding carboxylic acids is 3. The molecule has 5 atom stereocenters. The predicted molar refractivity (Wildman–Crippen MR) is 172 cm³/mol. The maximum absolute atomic E-state index is 13.0. The van der Waals surface area contributed by atoms with E-state index in [1.54, 1.807) is 24.3 Å². The van der Waals surface area contributed by atoms with Crippen LogP contribution in [0.15, 0.2) is 72.8 Å². The minimum atomic E-state index is -1.31. The van der Waals surface area contributed by atoms with Crippen molar-refractivity contribution < 1.29 is 34.5 Å². The zero-order chi connectivity index (χ0) is 33.4. The summed E-state index contributed by atoms with van der Waals surface area (Å²) in [6.07, 6.45) is -0.964. The lowest BCUT2D eigenvalue weighted by atomic mass is 9.96. The summed E-state index contributed by atoms with van der Waals surface area (Å²) < 4.78 is 0. The van der Waals surface area contributed by atoms with E-state index in [1.165, 1.54) is 6.08 Å². The third-order valence-electron chi connectivity index (χ3n) is 7.04. The van der Waals surface area contributed by atoms with Crippen molar-refractivity contribution in [3.05, 3.63) is 83.9 Å². The third-order valence-corrected chi connectivity index (χ3v) is 7.04. The average molecular weight is 625 g/mol. The summed E-state index contributed by atoms with van der Waals surface area (Å²) in [7, 11) is 0. The van der Waals surface area contributed by atoms with E-state index in [2.05, 4.69) is 21.3 Å². The molecule has 0 heterocycles. The molecule has 11 nitrogen and oxygen atoms in total. The molecule has 45 heavy (non-hydrogen) atoms. The highest BCUT2D eigenvalue weighted by molar-refractivity contribution is 5.89. The second kappa shape index (κ2) is 19.2. The Bertz CT molecular complexity index is 1240. The van der Waals surface area contributed by atoms with Crippen molar-refractivity contribution in [3.63, 3.8) is 0 Å². The zero-order valence-electron chi connectivity index (χ0n) is 26.5. The molecular formula is C34H48N4O7. The zero-order valence-corrected chi connectivity index (χ0v) is 26.5. The Morgan fingerprint density at radius 1 is 0.756 bits per heavy atom. The lowest BCUT2D eigenvalue weighted by Crippen LogP contribution is -2.50. The first-order valence-corrected chi connectivity index (χ1v) is 15.3. The van der Waals surface area contributed by atoms with Crippen LogP contribution < -0.4 is 21.3 Å². The number of hydrogen-bond donors (Lipinski definition) is 7. The number of aliphatic hydroxyl groups excluding tert-OH is 2. The number of aliphatic hydroxyl groups is 2. The number of nitrogens with one attached hydrogen (secondary N) is 4. The van der Waals surface area contributed by atoms with Crippen LogP contribution in [0.3, 0.4) is 0 Å². The van der Waals surface area contributed by atoms with Crippen LogP contribution in [0, 0.1) is 11.8 Å². The van der Waals surface area contributed by atoms with Gasteiger partial charge in [-0.3, -0.25) is 14.4 Å². The van der Waals surface area contributed by atoms with Crippen molar-refractivity contribution in [2.45, 2.75) is 90.3 Å². The standard InChI is InChI=1S/C34H48N4O7/c1-22(2)17-26(36-31(41)16-15-29(39)27(38-34(44)45)19-24-11-7-5-8-12-24)30(40)20-32(42)37-28(18-23(3)4)33(43)35-21-25-13-9-6-10-14-25/h5-16,22-23,26-30,38-40H,17-21H2,1-4H3,(H,35,43)(H,36,41)(H,37,42)(H,44,45). The number of carboxylic acid groups (broad SMARTS) is 1. The van der Waals surface area contributed by atoms with Crippen LogP contribution in [0.25, 0.3) is 0 Å². The summed E-state index contributed by atoms with van der Waals surface area (Å²) in [4.78, 5) is 50.0. The number of rotatable bonds is 18. The van der Waals surface area contributed by atoms with Crippen LogP contribution in [-0.2, 0) is 27.3 Å². The monoisotopic (exact) mass is 624 g/mol. The topological polar surface area (TPSA) is 177 Å². The molecule has 7 N–H and O–H groups in total. The van der Waals surface area contributed by atoms with Crippen LogP contribution in [0.5, 0.6) is 0 Å². The summed E-state index contributed by atoms with van der Waals surface area (Å²) in [6.45, 7) is 8.02. The highest BCUT2D eigenvalue weighted by Crippen LogP contribution is 2.13. The molecule has 0 fully saturated rings. The summed E-state index contributed by atoms with van der Waals surface area (Å²) >= 11 is 0. The smallest absolute Gasteiger partial charge is 0.404 e. The Balaban J connectivity index is 2.01. The van der Waals surface area contributed by atoms with Gasteiger partial charge in [-0.15, -0.1) is 0 Å². The minimum absolute atomic E-state index is 0.0649. The average Bonchev–Trinajstić information content (AvgIpc) is 2.98. The Labute approximate surface area is 265 Å². The van der Waals surface area contributed by atoms with Gasteiger partial charge >= 0.3 is 6.09 Å². The van der Waals surface area contributed by atoms with Crippen molar-refractivity contribution in [3.8, 4) is 0 Å². The molecule has 0 aliphatic rings. The van der Waals surface area contributed by atoms with Crippen molar-refractivity contribution in [2.75, 3.05) is 0 Å². The molecule has 0 aliphatic heterocycles. The number of carbonyl (C=O) groups is 4. The molecule has 0 saturated heterocycles. The highest BCUT2D eigenvalue weighted by atomic mass is 16.4. The summed E-state index contributed by atoms with van der Waals surface area (Å²) in [5.41, 5.74) is 1.73. The molecule has 4 amide bonds.